The molecule has 15 heavy (non-hydrogen) atoms. The van der Waals surface area contributed by atoms with Crippen LogP contribution in [0.4, 0.5) is 0 Å². The van der Waals surface area contributed by atoms with Crippen molar-refractivity contribution < 1.29 is 8.42 Å². The largest absolute Gasteiger partial charge is 0.324 e. The fraction of sp³-hybridized carbons (Fsp3) is 0.455. The fourth-order valence-corrected chi connectivity index (χ4v) is 2.00. The second-order valence-corrected chi connectivity index (χ2v) is 6.20. The normalized spacial score (nSPS) is 13.8. The summed E-state index contributed by atoms with van der Waals surface area (Å²) in [7, 11) is -2.92. The molecule has 4 heteroatoms. The number of benzene rings is 1. The standard InChI is InChI=1S/C11H17NO2S/c1-9-3-5-10(6-4-9)11(12)7-8-15(2,13)14/h3-6,11H,7-8,12H2,1-2H3. The summed E-state index contributed by atoms with van der Waals surface area (Å²) < 4.78 is 21.9. The molecule has 1 aromatic carbocycles. The average Bonchev–Trinajstić information content (AvgIpc) is 2.14. The molecule has 0 aliphatic rings. The van der Waals surface area contributed by atoms with Crippen molar-refractivity contribution in [3.8, 4) is 0 Å². The molecule has 0 aromatic heterocycles. The van der Waals surface area contributed by atoms with Crippen LogP contribution in [0.1, 0.15) is 23.6 Å². The number of nitrogens with two attached hydrogens (primary N) is 1. The van der Waals surface area contributed by atoms with Gasteiger partial charge in [-0.2, -0.15) is 0 Å². The van der Waals surface area contributed by atoms with Gasteiger partial charge in [-0.1, -0.05) is 29.8 Å². The van der Waals surface area contributed by atoms with Crippen LogP contribution in [0, 0.1) is 6.92 Å². The Morgan fingerprint density at radius 1 is 1.27 bits per heavy atom. The maximum atomic E-state index is 11.0. The Balaban J connectivity index is 2.61. The molecule has 0 heterocycles. The van der Waals surface area contributed by atoms with Gasteiger partial charge in [0.2, 0.25) is 0 Å². The van der Waals surface area contributed by atoms with Gasteiger partial charge in [0.25, 0.3) is 0 Å². The van der Waals surface area contributed by atoms with Crippen LogP contribution >= 0.6 is 0 Å². The molecule has 0 bridgehead atoms. The summed E-state index contributed by atoms with van der Waals surface area (Å²) >= 11 is 0. The SMILES string of the molecule is Cc1ccc(C(N)CCS(C)(=O)=O)cc1. The predicted octanol–water partition coefficient (Wildman–Crippen LogP) is 1.43. The van der Waals surface area contributed by atoms with Crippen LogP contribution in [0.5, 0.6) is 0 Å². The molecule has 0 amide bonds. The molecule has 84 valence electrons. The third-order valence-corrected chi connectivity index (χ3v) is 3.28. The van der Waals surface area contributed by atoms with Crippen molar-refractivity contribution >= 4 is 9.84 Å². The van der Waals surface area contributed by atoms with Crippen molar-refractivity contribution in [2.75, 3.05) is 12.0 Å². The van der Waals surface area contributed by atoms with Crippen molar-refractivity contribution in [1.29, 1.82) is 0 Å². The topological polar surface area (TPSA) is 60.2 Å². The molecule has 0 aliphatic heterocycles. The van der Waals surface area contributed by atoms with Gasteiger partial charge in [0.15, 0.2) is 0 Å². The summed E-state index contributed by atoms with van der Waals surface area (Å²) in [5, 5.41) is 0. The quantitative estimate of drug-likeness (QED) is 0.846. The van der Waals surface area contributed by atoms with Gasteiger partial charge in [-0.05, 0) is 18.9 Å². The molecule has 1 unspecified atom stereocenters. The third-order valence-electron chi connectivity index (χ3n) is 2.31. The van der Waals surface area contributed by atoms with E-state index in [-0.39, 0.29) is 11.8 Å². The highest BCUT2D eigenvalue weighted by Gasteiger charge is 2.09. The smallest absolute Gasteiger partial charge is 0.147 e. The average molecular weight is 227 g/mol. The van der Waals surface area contributed by atoms with Crippen LogP contribution in [-0.4, -0.2) is 20.4 Å². The van der Waals surface area contributed by atoms with Gasteiger partial charge in [-0.25, -0.2) is 8.42 Å². The summed E-state index contributed by atoms with van der Waals surface area (Å²) in [4.78, 5) is 0. The molecule has 0 saturated carbocycles. The van der Waals surface area contributed by atoms with Crippen LogP contribution < -0.4 is 5.73 Å². The Bertz CT molecular complexity index is 409. The second-order valence-electron chi connectivity index (χ2n) is 3.94. The minimum absolute atomic E-state index is 0.141. The van der Waals surface area contributed by atoms with Crippen LogP contribution in [0.25, 0.3) is 0 Å². The van der Waals surface area contributed by atoms with Crippen LogP contribution in [0.3, 0.4) is 0 Å². The molecule has 2 N–H and O–H groups in total. The first-order chi connectivity index (χ1) is 6.88. The van der Waals surface area contributed by atoms with Crippen molar-refractivity contribution in [2.45, 2.75) is 19.4 Å². The zero-order valence-electron chi connectivity index (χ0n) is 9.10. The van der Waals surface area contributed by atoms with Crippen LogP contribution in [0.2, 0.25) is 0 Å². The summed E-state index contributed by atoms with van der Waals surface area (Å²) in [6, 6.07) is 7.66. The lowest BCUT2D eigenvalue weighted by atomic mass is 10.0. The minimum atomic E-state index is -2.92. The Hall–Kier alpha value is -0.870. The number of sulfone groups is 1. The Morgan fingerprint density at radius 3 is 2.27 bits per heavy atom. The molecule has 0 fully saturated rings. The molecular formula is C11H17NO2S. The van der Waals surface area contributed by atoms with Gasteiger partial charge in [0.05, 0.1) is 5.75 Å². The van der Waals surface area contributed by atoms with E-state index in [2.05, 4.69) is 0 Å². The molecule has 3 nitrogen and oxygen atoms in total. The minimum Gasteiger partial charge on any atom is -0.324 e. The lowest BCUT2D eigenvalue weighted by molar-refractivity contribution is 0.591. The number of hydrogen-bond acceptors (Lipinski definition) is 3. The molecule has 0 radical (unpaired) electrons. The molecule has 1 atom stereocenters. The maximum absolute atomic E-state index is 11.0. The first kappa shape index (κ1) is 12.2. The molecule has 1 aromatic rings. The van der Waals surface area contributed by atoms with E-state index in [1.165, 1.54) is 11.8 Å². The first-order valence-electron chi connectivity index (χ1n) is 4.88. The highest BCUT2D eigenvalue weighted by molar-refractivity contribution is 7.90. The van der Waals surface area contributed by atoms with Gasteiger partial charge in [-0.15, -0.1) is 0 Å². The number of aryl methyl sites for hydroxylation is 1. The molecule has 1 rings (SSSR count). The molecule has 0 aliphatic carbocycles. The Kier molecular flexibility index (Phi) is 3.88. The molecular weight excluding hydrogens is 210 g/mol. The summed E-state index contributed by atoms with van der Waals surface area (Å²) in [6.07, 6.45) is 1.71. The van der Waals surface area contributed by atoms with Crippen LogP contribution in [-0.2, 0) is 9.84 Å². The highest BCUT2D eigenvalue weighted by Crippen LogP contribution is 2.15. The van der Waals surface area contributed by atoms with Gasteiger partial charge >= 0.3 is 0 Å². The fourth-order valence-electron chi connectivity index (χ4n) is 1.32. The van der Waals surface area contributed by atoms with E-state index in [1.807, 2.05) is 31.2 Å². The number of hydrogen-bond donors (Lipinski definition) is 1. The monoisotopic (exact) mass is 227 g/mol. The van der Waals surface area contributed by atoms with Gasteiger partial charge in [-0.3, -0.25) is 0 Å². The lowest BCUT2D eigenvalue weighted by Gasteiger charge is -2.11. The van der Waals surface area contributed by atoms with Gasteiger partial charge < -0.3 is 5.73 Å². The van der Waals surface area contributed by atoms with Crippen molar-refractivity contribution in [3.63, 3.8) is 0 Å². The van der Waals surface area contributed by atoms with E-state index in [9.17, 15) is 8.42 Å². The highest BCUT2D eigenvalue weighted by atomic mass is 32.2. The van der Waals surface area contributed by atoms with Crippen molar-refractivity contribution in [2.24, 2.45) is 5.73 Å². The van der Waals surface area contributed by atoms with E-state index in [0.29, 0.717) is 6.42 Å². The van der Waals surface area contributed by atoms with E-state index < -0.39 is 9.84 Å². The Morgan fingerprint density at radius 2 is 1.80 bits per heavy atom. The van der Waals surface area contributed by atoms with Crippen molar-refractivity contribution in [1.82, 2.24) is 0 Å². The van der Waals surface area contributed by atoms with Crippen molar-refractivity contribution in [3.05, 3.63) is 35.4 Å². The van der Waals surface area contributed by atoms with Crippen LogP contribution in [0.15, 0.2) is 24.3 Å². The van der Waals surface area contributed by atoms with E-state index in [1.54, 1.807) is 0 Å². The lowest BCUT2D eigenvalue weighted by Crippen LogP contribution is -2.15. The summed E-state index contributed by atoms with van der Waals surface area (Å²) in [5.74, 6) is 0.141. The zero-order chi connectivity index (χ0) is 11.5. The first-order valence-corrected chi connectivity index (χ1v) is 6.94. The second kappa shape index (κ2) is 4.77. The summed E-state index contributed by atoms with van der Waals surface area (Å²) in [6.45, 7) is 2.01. The van der Waals surface area contributed by atoms with Gasteiger partial charge in [0.1, 0.15) is 9.84 Å². The van der Waals surface area contributed by atoms with E-state index >= 15 is 0 Å². The summed E-state index contributed by atoms with van der Waals surface area (Å²) in [5.41, 5.74) is 8.05. The zero-order valence-corrected chi connectivity index (χ0v) is 9.92. The maximum Gasteiger partial charge on any atom is 0.147 e. The van der Waals surface area contributed by atoms with E-state index in [4.69, 9.17) is 5.73 Å². The van der Waals surface area contributed by atoms with Gasteiger partial charge in [0, 0.05) is 12.3 Å². The molecule has 0 saturated heterocycles. The Labute approximate surface area is 91.2 Å². The third kappa shape index (κ3) is 4.44. The number of rotatable bonds is 4. The predicted molar refractivity (Wildman–Crippen MR) is 62.4 cm³/mol. The van der Waals surface area contributed by atoms with E-state index in [0.717, 1.165) is 5.56 Å². The molecule has 0 spiro atoms.